The minimum absolute atomic E-state index is 0.207. The molecule has 1 aliphatic heterocycles. The minimum Gasteiger partial charge on any atom is -0.464 e. The summed E-state index contributed by atoms with van der Waals surface area (Å²) in [6.45, 7) is 1.97. The van der Waals surface area contributed by atoms with Gasteiger partial charge in [0.25, 0.3) is 0 Å². The van der Waals surface area contributed by atoms with Crippen molar-refractivity contribution in [3.05, 3.63) is 35.4 Å². The molecule has 0 saturated carbocycles. The molecule has 1 heterocycles. The van der Waals surface area contributed by atoms with Crippen LogP contribution < -0.4 is 0 Å². The number of halogens is 3. The van der Waals surface area contributed by atoms with Crippen molar-refractivity contribution in [1.82, 2.24) is 4.31 Å². The average Bonchev–Trinajstić information content (AvgIpc) is 2.86. The van der Waals surface area contributed by atoms with E-state index in [1.807, 2.05) is 0 Å². The number of alkyl halides is 3. The molecule has 2 rings (SSSR count). The number of rotatable bonds is 2. The van der Waals surface area contributed by atoms with Crippen molar-refractivity contribution in [2.24, 2.45) is 0 Å². The fraction of sp³-hybridized carbons (Fsp3) is 0.417. The van der Waals surface area contributed by atoms with Gasteiger partial charge in [-0.05, 0) is 17.7 Å². The van der Waals surface area contributed by atoms with Gasteiger partial charge in [-0.3, -0.25) is 4.18 Å². The van der Waals surface area contributed by atoms with Crippen LogP contribution in [0.4, 0.5) is 18.0 Å². The average molecular weight is 307 g/mol. The van der Waals surface area contributed by atoms with Gasteiger partial charge >= 0.3 is 12.3 Å². The van der Waals surface area contributed by atoms with E-state index in [4.69, 9.17) is 9.29 Å². The molecule has 20 heavy (non-hydrogen) atoms. The highest BCUT2D eigenvalue weighted by molar-refractivity contribution is 7.93. The number of hydrogen-bond acceptors (Lipinski definition) is 3. The standard InChI is InChI=1S/C12H12F3NO3S/c1-7(10-6-19-20-16(10)11(17)18)8-2-4-9(5-3-8)12(13,14)15/h2-5,7,10H,6H2,1H3,(H,17,18)/t7-,10?/m0/s1. The molecule has 1 fully saturated rings. The van der Waals surface area contributed by atoms with Crippen LogP contribution in [0.2, 0.25) is 0 Å². The predicted molar refractivity (Wildman–Crippen MR) is 67.1 cm³/mol. The van der Waals surface area contributed by atoms with Crippen LogP contribution in [0.1, 0.15) is 24.0 Å². The molecule has 0 radical (unpaired) electrons. The molecule has 1 aliphatic rings. The van der Waals surface area contributed by atoms with Crippen molar-refractivity contribution in [3.63, 3.8) is 0 Å². The van der Waals surface area contributed by atoms with Crippen LogP contribution in [0.5, 0.6) is 0 Å². The lowest BCUT2D eigenvalue weighted by Crippen LogP contribution is -2.35. The van der Waals surface area contributed by atoms with Gasteiger partial charge in [0, 0.05) is 5.92 Å². The summed E-state index contributed by atoms with van der Waals surface area (Å²) in [6, 6.07) is 4.32. The molecule has 0 bridgehead atoms. The third kappa shape index (κ3) is 3.01. The molecule has 0 spiro atoms. The van der Waals surface area contributed by atoms with Crippen LogP contribution in [0, 0.1) is 0 Å². The van der Waals surface area contributed by atoms with Crippen LogP contribution in [-0.2, 0) is 10.4 Å². The van der Waals surface area contributed by atoms with Gasteiger partial charge < -0.3 is 5.11 Å². The summed E-state index contributed by atoms with van der Waals surface area (Å²) >= 11 is 0.743. The van der Waals surface area contributed by atoms with Crippen LogP contribution in [-0.4, -0.2) is 28.2 Å². The van der Waals surface area contributed by atoms with E-state index >= 15 is 0 Å². The Balaban J connectivity index is 2.17. The summed E-state index contributed by atoms with van der Waals surface area (Å²) in [4.78, 5) is 11.0. The third-order valence-corrected chi connectivity index (χ3v) is 4.03. The van der Waals surface area contributed by atoms with Crippen molar-refractivity contribution in [3.8, 4) is 0 Å². The molecule has 110 valence electrons. The predicted octanol–water partition coefficient (Wildman–Crippen LogP) is 3.75. The smallest absolute Gasteiger partial charge is 0.419 e. The molecule has 8 heteroatoms. The molecule has 1 N–H and O–H groups in total. The lowest BCUT2D eigenvalue weighted by Gasteiger charge is -2.24. The van der Waals surface area contributed by atoms with Gasteiger partial charge in [0.2, 0.25) is 0 Å². The summed E-state index contributed by atoms with van der Waals surface area (Å²) in [7, 11) is 0. The zero-order chi connectivity index (χ0) is 14.9. The van der Waals surface area contributed by atoms with Crippen molar-refractivity contribution >= 4 is 18.3 Å². The maximum Gasteiger partial charge on any atom is 0.419 e. The molecule has 2 atom stereocenters. The fourth-order valence-electron chi connectivity index (χ4n) is 2.00. The highest BCUT2D eigenvalue weighted by atomic mass is 32.2. The highest BCUT2D eigenvalue weighted by Gasteiger charge is 2.36. The largest absolute Gasteiger partial charge is 0.464 e. The number of carbonyl (C=O) groups is 1. The first-order valence-corrected chi connectivity index (χ1v) is 6.49. The first-order valence-electron chi connectivity index (χ1n) is 5.79. The first-order chi connectivity index (χ1) is 9.30. The molecular weight excluding hydrogens is 295 g/mol. The first kappa shape index (κ1) is 15.0. The number of hydrogen-bond donors (Lipinski definition) is 1. The minimum atomic E-state index is -4.37. The normalized spacial score (nSPS) is 21.0. The van der Waals surface area contributed by atoms with Gasteiger partial charge in [-0.25, -0.2) is 9.10 Å². The zero-order valence-corrected chi connectivity index (χ0v) is 11.2. The van der Waals surface area contributed by atoms with E-state index in [1.54, 1.807) is 6.92 Å². The van der Waals surface area contributed by atoms with Gasteiger partial charge in [-0.15, -0.1) is 0 Å². The Hall–Kier alpha value is -1.41. The fourth-order valence-corrected chi connectivity index (χ4v) is 2.73. The monoisotopic (exact) mass is 307 g/mol. The maximum absolute atomic E-state index is 12.5. The summed E-state index contributed by atoms with van der Waals surface area (Å²) < 4.78 is 43.5. The Morgan fingerprint density at radius 3 is 2.55 bits per heavy atom. The number of amides is 1. The summed E-state index contributed by atoms with van der Waals surface area (Å²) in [5.74, 6) is -0.261. The van der Waals surface area contributed by atoms with E-state index in [2.05, 4.69) is 0 Å². The molecular formula is C12H12F3NO3S. The summed E-state index contributed by atoms with van der Waals surface area (Å²) in [5, 5.41) is 9.01. The van der Waals surface area contributed by atoms with Gasteiger partial charge in [0.05, 0.1) is 18.2 Å². The number of benzene rings is 1. The van der Waals surface area contributed by atoms with E-state index in [9.17, 15) is 18.0 Å². The molecule has 1 amide bonds. The van der Waals surface area contributed by atoms with Crippen LogP contribution in [0.3, 0.4) is 0 Å². The van der Waals surface area contributed by atoms with Gasteiger partial charge in [0.15, 0.2) is 0 Å². The van der Waals surface area contributed by atoms with E-state index in [0.717, 1.165) is 28.7 Å². The summed E-state index contributed by atoms with van der Waals surface area (Å²) in [5.41, 5.74) is -0.0825. The SMILES string of the molecule is C[C@@H](c1ccc(C(F)(F)F)cc1)C1COSN1C(=O)O. The molecule has 0 aromatic heterocycles. The van der Waals surface area contributed by atoms with Crippen molar-refractivity contribution < 1.29 is 27.3 Å². The highest BCUT2D eigenvalue weighted by Crippen LogP contribution is 2.35. The van der Waals surface area contributed by atoms with Crippen LogP contribution >= 0.6 is 12.2 Å². The van der Waals surface area contributed by atoms with Crippen molar-refractivity contribution in [1.29, 1.82) is 0 Å². The van der Waals surface area contributed by atoms with Gasteiger partial charge in [0.1, 0.15) is 12.2 Å². The molecule has 1 unspecified atom stereocenters. The third-order valence-electron chi connectivity index (χ3n) is 3.20. The molecule has 1 saturated heterocycles. The second-order valence-electron chi connectivity index (χ2n) is 4.44. The van der Waals surface area contributed by atoms with E-state index < -0.39 is 23.9 Å². The van der Waals surface area contributed by atoms with E-state index in [0.29, 0.717) is 5.56 Å². The Morgan fingerprint density at radius 2 is 2.05 bits per heavy atom. The Labute approximate surface area is 117 Å². The van der Waals surface area contributed by atoms with Gasteiger partial charge in [-0.2, -0.15) is 13.2 Å². The second-order valence-corrected chi connectivity index (χ2v) is 5.22. The number of carboxylic acid groups (broad SMARTS) is 1. The Kier molecular flexibility index (Phi) is 4.14. The molecule has 1 aromatic carbocycles. The van der Waals surface area contributed by atoms with Gasteiger partial charge in [-0.1, -0.05) is 19.1 Å². The van der Waals surface area contributed by atoms with Crippen molar-refractivity contribution in [2.75, 3.05) is 6.61 Å². The Morgan fingerprint density at radius 1 is 1.45 bits per heavy atom. The lowest BCUT2D eigenvalue weighted by atomic mass is 9.93. The van der Waals surface area contributed by atoms with E-state index in [-0.39, 0.29) is 12.5 Å². The molecule has 1 aromatic rings. The number of nitrogens with zero attached hydrogens (tertiary/aromatic N) is 1. The van der Waals surface area contributed by atoms with E-state index in [1.165, 1.54) is 12.1 Å². The summed E-state index contributed by atoms with van der Waals surface area (Å²) in [6.07, 6.45) is -5.50. The maximum atomic E-state index is 12.5. The second kappa shape index (κ2) is 5.53. The Bertz CT molecular complexity index is 492. The molecule has 0 aliphatic carbocycles. The molecule has 4 nitrogen and oxygen atoms in total. The van der Waals surface area contributed by atoms with Crippen molar-refractivity contribution in [2.45, 2.75) is 25.1 Å². The zero-order valence-electron chi connectivity index (χ0n) is 10.4. The lowest BCUT2D eigenvalue weighted by molar-refractivity contribution is -0.137. The van der Waals surface area contributed by atoms with Crippen LogP contribution in [0.25, 0.3) is 0 Å². The topological polar surface area (TPSA) is 49.8 Å². The van der Waals surface area contributed by atoms with Crippen LogP contribution in [0.15, 0.2) is 24.3 Å². The quantitative estimate of drug-likeness (QED) is 0.668.